The van der Waals surface area contributed by atoms with Crippen molar-refractivity contribution in [3.63, 3.8) is 0 Å². The Morgan fingerprint density at radius 2 is 2.13 bits per heavy atom. The van der Waals surface area contributed by atoms with Crippen LogP contribution in [0.25, 0.3) is 0 Å². The number of nitrogens with zero attached hydrogens (tertiary/aromatic N) is 4. The molecular weight excluding hydrogens is 423 g/mol. The molecule has 31 heavy (non-hydrogen) atoms. The number of pyridine rings is 1. The molecule has 4 rings (SSSR count). The Kier molecular flexibility index (Phi) is 6.27. The summed E-state index contributed by atoms with van der Waals surface area (Å²) in [6.45, 7) is 3.33. The van der Waals surface area contributed by atoms with Crippen LogP contribution in [0.3, 0.4) is 0 Å². The number of carbonyl (C=O) groups is 1. The maximum Gasteiger partial charge on any atom is 0.232 e. The maximum atomic E-state index is 13.6. The quantitative estimate of drug-likeness (QED) is 0.499. The van der Waals surface area contributed by atoms with Crippen molar-refractivity contribution in [2.24, 2.45) is 0 Å². The lowest BCUT2D eigenvalue weighted by Gasteiger charge is -2.21. The van der Waals surface area contributed by atoms with Crippen LogP contribution in [-0.2, 0) is 6.42 Å². The highest BCUT2D eigenvalue weighted by molar-refractivity contribution is 6.31. The lowest BCUT2D eigenvalue weighted by atomic mass is 10.2. The van der Waals surface area contributed by atoms with Gasteiger partial charge in [-0.15, -0.1) is 0 Å². The summed E-state index contributed by atoms with van der Waals surface area (Å²) in [5.41, 5.74) is 0.744. The van der Waals surface area contributed by atoms with Gasteiger partial charge in [0.15, 0.2) is 6.29 Å². The number of aldehydes is 1. The van der Waals surface area contributed by atoms with E-state index >= 15 is 0 Å². The van der Waals surface area contributed by atoms with Gasteiger partial charge in [-0.05, 0) is 36.8 Å². The number of rotatable bonds is 7. The van der Waals surface area contributed by atoms with Gasteiger partial charge in [0.2, 0.25) is 11.8 Å². The predicted octanol–water partition coefficient (Wildman–Crippen LogP) is 4.49. The van der Waals surface area contributed by atoms with Gasteiger partial charge in [-0.2, -0.15) is 0 Å². The lowest BCUT2D eigenvalue weighted by Crippen LogP contribution is -2.26. The third-order valence-corrected chi connectivity index (χ3v) is 5.28. The fourth-order valence-corrected chi connectivity index (χ4v) is 3.64. The van der Waals surface area contributed by atoms with Crippen molar-refractivity contribution >= 4 is 23.7 Å². The molecule has 0 amide bonds. The molecule has 9 heteroatoms. The molecule has 1 aliphatic heterocycles. The SMILES string of the molecule is CCc1c(Oc2ccc(F)c(C=O)c2)ncnc1N1CC[C@H](Oc2ncccc2Cl)C1. The molecule has 0 aliphatic carbocycles. The number of hydrogen-bond acceptors (Lipinski definition) is 7. The smallest absolute Gasteiger partial charge is 0.232 e. The van der Waals surface area contributed by atoms with Gasteiger partial charge in [0, 0.05) is 19.2 Å². The van der Waals surface area contributed by atoms with Crippen molar-refractivity contribution in [2.75, 3.05) is 18.0 Å². The first-order chi connectivity index (χ1) is 15.1. The number of benzene rings is 1. The summed E-state index contributed by atoms with van der Waals surface area (Å²) < 4.78 is 25.4. The molecule has 3 aromatic rings. The second kappa shape index (κ2) is 9.26. The number of hydrogen-bond donors (Lipinski definition) is 0. The molecule has 0 unspecified atom stereocenters. The van der Waals surface area contributed by atoms with Crippen LogP contribution in [0.5, 0.6) is 17.5 Å². The average molecular weight is 443 g/mol. The molecule has 0 spiro atoms. The molecule has 1 saturated heterocycles. The van der Waals surface area contributed by atoms with Gasteiger partial charge in [0.1, 0.15) is 34.8 Å². The van der Waals surface area contributed by atoms with Gasteiger partial charge < -0.3 is 14.4 Å². The Morgan fingerprint density at radius 3 is 2.90 bits per heavy atom. The van der Waals surface area contributed by atoms with Gasteiger partial charge in [-0.1, -0.05) is 18.5 Å². The molecule has 160 valence electrons. The van der Waals surface area contributed by atoms with Crippen molar-refractivity contribution in [1.82, 2.24) is 15.0 Å². The van der Waals surface area contributed by atoms with Gasteiger partial charge in [0.25, 0.3) is 0 Å². The number of carbonyl (C=O) groups excluding carboxylic acids is 1. The molecule has 3 heterocycles. The minimum Gasteiger partial charge on any atom is -0.471 e. The van der Waals surface area contributed by atoms with Gasteiger partial charge >= 0.3 is 0 Å². The third-order valence-electron chi connectivity index (χ3n) is 4.99. The third kappa shape index (κ3) is 4.59. The summed E-state index contributed by atoms with van der Waals surface area (Å²) in [5.74, 6) is 1.27. The topological polar surface area (TPSA) is 77.4 Å². The minimum atomic E-state index is -0.599. The highest BCUT2D eigenvalue weighted by atomic mass is 35.5. The molecule has 0 radical (unpaired) electrons. The van der Waals surface area contributed by atoms with Gasteiger partial charge in [0.05, 0.1) is 17.7 Å². The Balaban J connectivity index is 1.53. The van der Waals surface area contributed by atoms with Crippen LogP contribution in [0.2, 0.25) is 5.02 Å². The molecule has 1 aromatic carbocycles. The second-order valence-electron chi connectivity index (χ2n) is 7.00. The van der Waals surface area contributed by atoms with Crippen molar-refractivity contribution in [2.45, 2.75) is 25.9 Å². The van der Waals surface area contributed by atoms with E-state index in [1.807, 2.05) is 6.92 Å². The van der Waals surface area contributed by atoms with E-state index in [0.717, 1.165) is 24.3 Å². The van der Waals surface area contributed by atoms with E-state index in [1.54, 1.807) is 18.3 Å². The molecule has 0 bridgehead atoms. The average Bonchev–Trinajstić information content (AvgIpc) is 3.25. The van der Waals surface area contributed by atoms with Crippen LogP contribution in [0.4, 0.5) is 10.2 Å². The number of ether oxygens (including phenoxy) is 2. The molecule has 0 saturated carbocycles. The zero-order valence-corrected chi connectivity index (χ0v) is 17.6. The zero-order valence-electron chi connectivity index (χ0n) is 16.8. The molecule has 7 nitrogen and oxygen atoms in total. The van der Waals surface area contributed by atoms with Gasteiger partial charge in [-0.25, -0.2) is 19.3 Å². The Hall–Kier alpha value is -3.26. The minimum absolute atomic E-state index is 0.0717. The van der Waals surface area contributed by atoms with Gasteiger partial charge in [-0.3, -0.25) is 4.79 Å². The summed E-state index contributed by atoms with van der Waals surface area (Å²) in [6, 6.07) is 7.49. The molecular formula is C22H20ClFN4O3. The van der Waals surface area contributed by atoms with Crippen molar-refractivity contribution < 1.29 is 18.7 Å². The fourth-order valence-electron chi connectivity index (χ4n) is 3.48. The first-order valence-corrected chi connectivity index (χ1v) is 10.3. The first-order valence-electron chi connectivity index (χ1n) is 9.87. The fraction of sp³-hybridized carbons (Fsp3) is 0.273. The van der Waals surface area contributed by atoms with Crippen LogP contribution < -0.4 is 14.4 Å². The van der Waals surface area contributed by atoms with E-state index in [9.17, 15) is 9.18 Å². The van der Waals surface area contributed by atoms with E-state index in [-0.39, 0.29) is 11.7 Å². The first kappa shape index (κ1) is 21.0. The number of anilines is 1. The molecule has 1 aliphatic rings. The summed E-state index contributed by atoms with van der Waals surface area (Å²) in [4.78, 5) is 26.0. The van der Waals surface area contributed by atoms with E-state index in [1.165, 1.54) is 24.5 Å². The summed E-state index contributed by atoms with van der Waals surface area (Å²) in [7, 11) is 0. The Bertz CT molecular complexity index is 1100. The standard InChI is InChI=1S/C22H20ClFN4O3/c1-2-17-20(28-9-7-16(11-28)31-22-18(23)4-3-8-25-22)26-13-27-21(17)30-15-5-6-19(24)14(10-15)12-29/h3-6,8,10,12-13,16H,2,7,9,11H2,1H3/t16-/m0/s1. The van der Waals surface area contributed by atoms with Crippen LogP contribution >= 0.6 is 11.6 Å². The number of halogens is 2. The highest BCUT2D eigenvalue weighted by Gasteiger charge is 2.28. The van der Waals surface area contributed by atoms with E-state index < -0.39 is 5.82 Å². The summed E-state index contributed by atoms with van der Waals surface area (Å²) >= 11 is 6.15. The lowest BCUT2D eigenvalue weighted by molar-refractivity contribution is 0.111. The normalized spacial score (nSPS) is 15.7. The summed E-state index contributed by atoms with van der Waals surface area (Å²) in [6.07, 6.45) is 4.86. The van der Waals surface area contributed by atoms with Crippen LogP contribution in [0.1, 0.15) is 29.3 Å². The highest BCUT2D eigenvalue weighted by Crippen LogP contribution is 2.32. The number of aromatic nitrogens is 3. The zero-order chi connectivity index (χ0) is 21.8. The Labute approximate surface area is 183 Å². The van der Waals surface area contributed by atoms with Crippen molar-refractivity contribution in [3.8, 4) is 17.5 Å². The van der Waals surface area contributed by atoms with Crippen molar-refractivity contribution in [3.05, 3.63) is 64.8 Å². The second-order valence-corrected chi connectivity index (χ2v) is 7.41. The van der Waals surface area contributed by atoms with Crippen molar-refractivity contribution in [1.29, 1.82) is 0 Å². The van der Waals surface area contributed by atoms with Crippen LogP contribution in [-0.4, -0.2) is 40.4 Å². The Morgan fingerprint density at radius 1 is 1.26 bits per heavy atom. The van der Waals surface area contributed by atoms with Crippen LogP contribution in [0.15, 0.2) is 42.9 Å². The molecule has 1 atom stereocenters. The van der Waals surface area contributed by atoms with Crippen LogP contribution in [0, 0.1) is 5.82 Å². The van der Waals surface area contributed by atoms with E-state index in [4.69, 9.17) is 21.1 Å². The van der Waals surface area contributed by atoms with E-state index in [0.29, 0.717) is 41.8 Å². The molecule has 1 fully saturated rings. The monoisotopic (exact) mass is 442 g/mol. The predicted molar refractivity (Wildman–Crippen MR) is 114 cm³/mol. The molecule has 0 N–H and O–H groups in total. The maximum absolute atomic E-state index is 13.6. The summed E-state index contributed by atoms with van der Waals surface area (Å²) in [5, 5.41) is 0.474. The molecule has 2 aromatic heterocycles. The van der Waals surface area contributed by atoms with E-state index in [2.05, 4.69) is 19.9 Å². The largest absolute Gasteiger partial charge is 0.471 e.